The van der Waals surface area contributed by atoms with Crippen molar-refractivity contribution in [2.45, 2.75) is 6.92 Å². The molecule has 0 spiro atoms. The topological polar surface area (TPSA) is 64.9 Å². The molecule has 0 bridgehead atoms. The van der Waals surface area contributed by atoms with Crippen molar-refractivity contribution in [3.05, 3.63) is 29.8 Å². The van der Waals surface area contributed by atoms with Gasteiger partial charge in [0.05, 0.1) is 11.7 Å². The first kappa shape index (κ1) is 9.35. The molecule has 3 aromatic rings. The molecule has 16 heavy (non-hydrogen) atoms. The van der Waals surface area contributed by atoms with Crippen molar-refractivity contribution in [1.82, 2.24) is 8.75 Å². The number of rotatable bonds is 1. The second-order valence-electron chi connectivity index (χ2n) is 3.65. The zero-order valence-electron chi connectivity index (χ0n) is 8.60. The summed E-state index contributed by atoms with van der Waals surface area (Å²) in [4.78, 5) is 0. The van der Waals surface area contributed by atoms with E-state index in [9.17, 15) is 0 Å². The Bertz CT molecular complexity index is 656. The summed E-state index contributed by atoms with van der Waals surface area (Å²) in [7, 11) is 0. The van der Waals surface area contributed by atoms with Crippen LogP contribution in [0.2, 0.25) is 0 Å². The number of hydrogen-bond donors (Lipinski definition) is 1. The van der Waals surface area contributed by atoms with Crippen molar-refractivity contribution in [3.8, 4) is 11.5 Å². The van der Waals surface area contributed by atoms with Crippen LogP contribution in [0.3, 0.4) is 0 Å². The number of aromatic nitrogens is 2. The summed E-state index contributed by atoms with van der Waals surface area (Å²) < 4.78 is 13.7. The highest BCUT2D eigenvalue weighted by atomic mass is 32.1. The lowest BCUT2D eigenvalue weighted by atomic mass is 10.2. The molecule has 2 aromatic heterocycles. The normalized spacial score (nSPS) is 11.1. The Morgan fingerprint density at radius 2 is 2.12 bits per heavy atom. The van der Waals surface area contributed by atoms with Crippen LogP contribution in [0.1, 0.15) is 5.56 Å². The Balaban J connectivity index is 2.23. The first-order valence-electron chi connectivity index (χ1n) is 4.82. The molecular formula is C11H9N3OS. The summed E-state index contributed by atoms with van der Waals surface area (Å²) >= 11 is 1.09. The van der Waals surface area contributed by atoms with E-state index in [4.69, 9.17) is 10.2 Å². The Kier molecular flexibility index (Phi) is 1.94. The fourth-order valence-corrected chi connectivity index (χ4v) is 2.13. The average Bonchev–Trinajstić information content (AvgIpc) is 2.82. The van der Waals surface area contributed by atoms with Crippen molar-refractivity contribution in [2.75, 3.05) is 5.73 Å². The van der Waals surface area contributed by atoms with Crippen LogP contribution in [0, 0.1) is 6.92 Å². The van der Waals surface area contributed by atoms with Gasteiger partial charge in [0.2, 0.25) is 0 Å². The van der Waals surface area contributed by atoms with Crippen LogP contribution in [-0.4, -0.2) is 8.75 Å². The Morgan fingerprint density at radius 3 is 2.88 bits per heavy atom. The highest BCUT2D eigenvalue weighted by Crippen LogP contribution is 2.30. The summed E-state index contributed by atoms with van der Waals surface area (Å²) in [6.45, 7) is 2.05. The van der Waals surface area contributed by atoms with Crippen LogP contribution in [0.4, 0.5) is 5.82 Å². The van der Waals surface area contributed by atoms with E-state index in [1.165, 1.54) is 5.56 Å². The van der Waals surface area contributed by atoms with Crippen LogP contribution < -0.4 is 5.73 Å². The van der Waals surface area contributed by atoms with E-state index in [0.717, 1.165) is 22.7 Å². The second kappa shape index (κ2) is 3.31. The number of nitrogens with two attached hydrogens (primary N) is 1. The van der Waals surface area contributed by atoms with Crippen LogP contribution in [0.15, 0.2) is 28.7 Å². The summed E-state index contributed by atoms with van der Waals surface area (Å²) in [6, 6.07) is 7.97. The van der Waals surface area contributed by atoms with Gasteiger partial charge < -0.3 is 10.2 Å². The maximum atomic E-state index is 5.70. The Morgan fingerprint density at radius 1 is 1.25 bits per heavy atom. The average molecular weight is 231 g/mol. The second-order valence-corrected chi connectivity index (χ2v) is 4.18. The number of furan rings is 1. The van der Waals surface area contributed by atoms with E-state index >= 15 is 0 Å². The van der Waals surface area contributed by atoms with Crippen molar-refractivity contribution in [2.24, 2.45) is 0 Å². The molecule has 0 aliphatic carbocycles. The lowest BCUT2D eigenvalue weighted by Crippen LogP contribution is -1.86. The molecule has 2 N–H and O–H groups in total. The minimum atomic E-state index is 0.417. The molecule has 0 saturated heterocycles. The van der Waals surface area contributed by atoms with Gasteiger partial charge in [0.15, 0.2) is 17.3 Å². The molecule has 80 valence electrons. The Hall–Kier alpha value is -1.88. The number of aryl methyl sites for hydroxylation is 1. The van der Waals surface area contributed by atoms with Crippen molar-refractivity contribution < 1.29 is 4.42 Å². The fourth-order valence-electron chi connectivity index (χ4n) is 1.65. The minimum absolute atomic E-state index is 0.417. The molecule has 0 amide bonds. The number of anilines is 1. The van der Waals surface area contributed by atoms with Gasteiger partial charge in [-0.1, -0.05) is 11.6 Å². The van der Waals surface area contributed by atoms with E-state index in [2.05, 4.69) is 14.8 Å². The molecule has 5 heteroatoms. The van der Waals surface area contributed by atoms with Crippen molar-refractivity contribution in [3.63, 3.8) is 0 Å². The molecule has 0 radical (unpaired) electrons. The van der Waals surface area contributed by atoms with E-state index in [0.29, 0.717) is 17.3 Å². The third-order valence-corrected chi connectivity index (χ3v) is 2.96. The molecule has 3 rings (SSSR count). The number of nitrogen functional groups attached to an aromatic ring is 1. The predicted octanol–water partition coefficient (Wildman–Crippen LogP) is 2.84. The zero-order valence-corrected chi connectivity index (χ0v) is 9.41. The summed E-state index contributed by atoms with van der Waals surface area (Å²) in [5, 5.41) is 1.06. The molecule has 1 aromatic carbocycles. The number of benzene rings is 1. The summed E-state index contributed by atoms with van der Waals surface area (Å²) in [6.07, 6.45) is 0. The predicted molar refractivity (Wildman–Crippen MR) is 64.3 cm³/mol. The molecule has 4 nitrogen and oxygen atoms in total. The maximum Gasteiger partial charge on any atom is 0.168 e. The molecule has 0 aliphatic heterocycles. The van der Waals surface area contributed by atoms with Gasteiger partial charge in [0, 0.05) is 5.39 Å². The maximum absolute atomic E-state index is 5.70. The fraction of sp³-hybridized carbons (Fsp3) is 0.0909. The molecule has 0 unspecified atom stereocenters. The molecule has 0 aliphatic rings. The van der Waals surface area contributed by atoms with Gasteiger partial charge >= 0.3 is 0 Å². The zero-order chi connectivity index (χ0) is 11.1. The van der Waals surface area contributed by atoms with Gasteiger partial charge in [-0.3, -0.25) is 0 Å². The number of fused-ring (bicyclic) bond motifs is 1. The SMILES string of the molecule is Cc1ccc2oc(-c3nsnc3N)cc2c1. The smallest absolute Gasteiger partial charge is 0.168 e. The minimum Gasteiger partial charge on any atom is -0.454 e. The largest absolute Gasteiger partial charge is 0.454 e. The first-order valence-corrected chi connectivity index (χ1v) is 5.55. The third kappa shape index (κ3) is 1.37. The molecule has 0 saturated carbocycles. The van der Waals surface area contributed by atoms with Crippen LogP contribution >= 0.6 is 11.7 Å². The lowest BCUT2D eigenvalue weighted by molar-refractivity contribution is 0.630. The quantitative estimate of drug-likeness (QED) is 0.699. The van der Waals surface area contributed by atoms with Crippen LogP contribution in [0.5, 0.6) is 0 Å². The van der Waals surface area contributed by atoms with Crippen LogP contribution in [-0.2, 0) is 0 Å². The van der Waals surface area contributed by atoms with Gasteiger partial charge in [0.25, 0.3) is 0 Å². The van der Waals surface area contributed by atoms with E-state index in [1.54, 1.807) is 0 Å². The highest BCUT2D eigenvalue weighted by molar-refractivity contribution is 6.99. The van der Waals surface area contributed by atoms with E-state index in [1.807, 2.05) is 25.1 Å². The van der Waals surface area contributed by atoms with Gasteiger partial charge in [-0.05, 0) is 25.1 Å². The van der Waals surface area contributed by atoms with Gasteiger partial charge in [-0.2, -0.15) is 8.75 Å². The van der Waals surface area contributed by atoms with Gasteiger partial charge in [-0.15, -0.1) is 0 Å². The summed E-state index contributed by atoms with van der Waals surface area (Å²) in [5.74, 6) is 1.09. The molecule has 2 heterocycles. The number of hydrogen-bond acceptors (Lipinski definition) is 5. The Labute approximate surface area is 96.0 Å². The van der Waals surface area contributed by atoms with Crippen LogP contribution in [0.25, 0.3) is 22.4 Å². The lowest BCUT2D eigenvalue weighted by Gasteiger charge is -1.90. The van der Waals surface area contributed by atoms with E-state index < -0.39 is 0 Å². The van der Waals surface area contributed by atoms with E-state index in [-0.39, 0.29) is 0 Å². The van der Waals surface area contributed by atoms with Gasteiger partial charge in [-0.25, -0.2) is 0 Å². The molecular weight excluding hydrogens is 222 g/mol. The monoisotopic (exact) mass is 231 g/mol. The third-order valence-electron chi connectivity index (χ3n) is 2.42. The number of nitrogens with zero attached hydrogens (tertiary/aromatic N) is 2. The van der Waals surface area contributed by atoms with Crippen molar-refractivity contribution >= 4 is 28.5 Å². The molecule has 0 atom stereocenters. The molecule has 0 fully saturated rings. The van der Waals surface area contributed by atoms with Crippen molar-refractivity contribution in [1.29, 1.82) is 0 Å². The van der Waals surface area contributed by atoms with Gasteiger partial charge in [0.1, 0.15) is 5.58 Å². The standard InChI is InChI=1S/C11H9N3OS/c1-6-2-3-8-7(4-6)5-9(15-8)10-11(12)14-16-13-10/h2-5H,1H3,(H2,12,14). The highest BCUT2D eigenvalue weighted by Gasteiger charge is 2.12. The first-order chi connectivity index (χ1) is 7.74. The summed E-state index contributed by atoms with van der Waals surface area (Å²) in [5.41, 5.74) is 8.36.